The van der Waals surface area contributed by atoms with Crippen LogP contribution in [0.5, 0.6) is 0 Å². The Morgan fingerprint density at radius 3 is 1.96 bits per heavy atom. The molecule has 0 bridgehead atoms. The van der Waals surface area contributed by atoms with Crippen LogP contribution in [0.1, 0.15) is 18.1 Å². The molecule has 1 unspecified atom stereocenters. The van der Waals surface area contributed by atoms with Crippen molar-refractivity contribution in [1.82, 2.24) is 10.3 Å². The molecule has 2 aromatic rings. The van der Waals surface area contributed by atoms with Crippen molar-refractivity contribution >= 4 is 23.2 Å². The number of nitrogens with zero attached hydrogens (tertiary/aromatic N) is 2. The normalized spacial score (nSPS) is 11.9. The summed E-state index contributed by atoms with van der Waals surface area (Å²) in [6.45, 7) is 1.58. The third-order valence-corrected chi connectivity index (χ3v) is 3.88. The Labute approximate surface area is 164 Å². The molecule has 28 heavy (non-hydrogen) atoms. The summed E-state index contributed by atoms with van der Waals surface area (Å²) in [6.07, 6.45) is 0.532. The van der Waals surface area contributed by atoms with E-state index in [1.54, 1.807) is 27.3 Å². The summed E-state index contributed by atoms with van der Waals surface area (Å²) < 4.78 is 5.85. The minimum Gasteiger partial charge on any atom is -0.481 e. The van der Waals surface area contributed by atoms with E-state index < -0.39 is 12.1 Å². The third-order valence-electron chi connectivity index (χ3n) is 3.88. The Kier molecular flexibility index (Phi) is 7.33. The lowest BCUT2D eigenvalue weighted by molar-refractivity contribution is -0.134. The average molecular weight is 380 g/mol. The first-order chi connectivity index (χ1) is 13.4. The van der Waals surface area contributed by atoms with Gasteiger partial charge in [0, 0.05) is 19.7 Å². The molecule has 0 heterocycles. The molecule has 0 aliphatic rings. The number of primary amides is 1. The molecule has 7 heteroatoms. The molecular weight excluding hydrogens is 356 g/mol. The number of nitrogens with one attached hydrogen (secondary N) is 1. The summed E-state index contributed by atoms with van der Waals surface area (Å²) in [5, 5.41) is 3.84. The Bertz CT molecular complexity index is 820. The van der Waals surface area contributed by atoms with E-state index in [0.29, 0.717) is 0 Å². The maximum atomic E-state index is 12.6. The summed E-state index contributed by atoms with van der Waals surface area (Å²) in [6, 6.07) is 18.6. The van der Waals surface area contributed by atoms with Crippen LogP contribution in [-0.2, 0) is 9.53 Å². The van der Waals surface area contributed by atoms with Crippen LogP contribution >= 0.6 is 0 Å². The van der Waals surface area contributed by atoms with Gasteiger partial charge in [0.25, 0.3) is 5.91 Å². The molecule has 0 aliphatic carbocycles. The zero-order chi connectivity index (χ0) is 20.5. The van der Waals surface area contributed by atoms with Crippen molar-refractivity contribution in [2.45, 2.75) is 13.0 Å². The van der Waals surface area contributed by atoms with Gasteiger partial charge in [0.1, 0.15) is 0 Å². The lowest BCUT2D eigenvalue weighted by atomic mass is 9.99. The van der Waals surface area contributed by atoms with Crippen LogP contribution in [-0.4, -0.2) is 42.7 Å². The smallest absolute Gasteiger partial charge is 0.332 e. The number of likely N-dealkylation sites (N-methyl/N-ethyl adjacent to an activating group) is 1. The fourth-order valence-electron chi connectivity index (χ4n) is 2.45. The molecule has 2 aromatic carbocycles. The maximum Gasteiger partial charge on any atom is 0.332 e. The van der Waals surface area contributed by atoms with Crippen molar-refractivity contribution in [2.24, 2.45) is 10.8 Å². The highest BCUT2D eigenvalue weighted by molar-refractivity contribution is 6.06. The topological polar surface area (TPSA) is 97.0 Å². The number of amides is 3. The van der Waals surface area contributed by atoms with E-state index in [4.69, 9.17) is 10.5 Å². The van der Waals surface area contributed by atoms with Crippen molar-refractivity contribution in [3.63, 3.8) is 0 Å². The van der Waals surface area contributed by atoms with Gasteiger partial charge < -0.3 is 15.4 Å². The second-order valence-electron chi connectivity index (χ2n) is 6.24. The second-order valence-corrected chi connectivity index (χ2v) is 6.24. The van der Waals surface area contributed by atoms with E-state index in [-0.39, 0.29) is 11.6 Å². The number of nitrogens with two attached hydrogens (primary N) is 1. The van der Waals surface area contributed by atoms with Gasteiger partial charge in [-0.15, -0.1) is 0 Å². The van der Waals surface area contributed by atoms with Crippen LogP contribution in [0.15, 0.2) is 72.0 Å². The molecule has 146 valence electrons. The van der Waals surface area contributed by atoms with Crippen LogP contribution in [0.25, 0.3) is 5.57 Å². The van der Waals surface area contributed by atoms with Crippen molar-refractivity contribution < 1.29 is 14.3 Å². The van der Waals surface area contributed by atoms with Crippen molar-refractivity contribution in [1.29, 1.82) is 0 Å². The van der Waals surface area contributed by atoms with Crippen LogP contribution < -0.4 is 11.2 Å². The summed E-state index contributed by atoms with van der Waals surface area (Å²) in [7, 11) is 3.24. The number of carbonyl (C=O) groups excluding carboxylic acids is 2. The molecule has 1 atom stereocenters. The van der Waals surface area contributed by atoms with Gasteiger partial charge >= 0.3 is 6.03 Å². The van der Waals surface area contributed by atoms with E-state index in [1.807, 2.05) is 60.7 Å². The van der Waals surface area contributed by atoms with E-state index in [9.17, 15) is 9.59 Å². The van der Waals surface area contributed by atoms with Gasteiger partial charge in [-0.25, -0.2) is 10.2 Å². The number of benzene rings is 2. The second kappa shape index (κ2) is 9.91. The lowest BCUT2D eigenvalue weighted by Crippen LogP contribution is -2.40. The largest absolute Gasteiger partial charge is 0.481 e. The van der Waals surface area contributed by atoms with Gasteiger partial charge in [0.05, 0.1) is 12.0 Å². The number of ether oxygens (including phenoxy) is 1. The molecule has 7 nitrogen and oxygen atoms in total. The number of hydrogen-bond acceptors (Lipinski definition) is 4. The minimum absolute atomic E-state index is 0.272. The number of urea groups is 1. The van der Waals surface area contributed by atoms with Gasteiger partial charge in [-0.2, -0.15) is 5.10 Å². The van der Waals surface area contributed by atoms with E-state index in [1.165, 1.54) is 4.90 Å². The van der Waals surface area contributed by atoms with Crippen molar-refractivity contribution in [2.75, 3.05) is 14.1 Å². The van der Waals surface area contributed by atoms with Crippen molar-refractivity contribution in [3.05, 3.63) is 78.1 Å². The van der Waals surface area contributed by atoms with Crippen LogP contribution in [0.3, 0.4) is 0 Å². The van der Waals surface area contributed by atoms with Crippen LogP contribution in [0.4, 0.5) is 4.79 Å². The number of hydrogen-bond donors (Lipinski definition) is 2. The first kappa shape index (κ1) is 20.7. The number of rotatable bonds is 7. The highest BCUT2D eigenvalue weighted by Gasteiger charge is 2.25. The Balaban J connectivity index is 2.41. The molecule has 0 aromatic heterocycles. The Hall–Kier alpha value is -3.61. The zero-order valence-electron chi connectivity index (χ0n) is 16.1. The maximum absolute atomic E-state index is 12.6. The fourth-order valence-corrected chi connectivity index (χ4v) is 2.45. The summed E-state index contributed by atoms with van der Waals surface area (Å²) in [5.41, 5.74) is 10.1. The predicted octanol–water partition coefficient (Wildman–Crippen LogP) is 2.59. The lowest BCUT2D eigenvalue weighted by Gasteiger charge is -2.21. The van der Waals surface area contributed by atoms with Gasteiger partial charge in [0.15, 0.2) is 0 Å². The standard InChI is InChI=1S/C21H24N4O3/c1-15(23-24-21(22)27)19(20(26)25(2)3)28-14-18(16-10-6-4-7-11-16)17-12-8-5-9-13-17/h4-14,19H,1-3H3,(H3,22,24,27)/b23-15+. The zero-order valence-corrected chi connectivity index (χ0v) is 16.1. The van der Waals surface area contributed by atoms with Crippen LogP contribution in [0, 0.1) is 0 Å². The summed E-state index contributed by atoms with van der Waals surface area (Å²) >= 11 is 0. The van der Waals surface area contributed by atoms with Gasteiger partial charge in [-0.05, 0) is 18.1 Å². The Morgan fingerprint density at radius 1 is 1.04 bits per heavy atom. The summed E-state index contributed by atoms with van der Waals surface area (Å²) in [4.78, 5) is 24.9. The number of carbonyl (C=O) groups is 2. The predicted molar refractivity (Wildman–Crippen MR) is 109 cm³/mol. The van der Waals surface area contributed by atoms with Crippen LogP contribution in [0.2, 0.25) is 0 Å². The molecular formula is C21H24N4O3. The van der Waals surface area contributed by atoms with Crippen molar-refractivity contribution in [3.8, 4) is 0 Å². The van der Waals surface area contributed by atoms with E-state index in [0.717, 1.165) is 16.7 Å². The third kappa shape index (κ3) is 5.70. The SMILES string of the molecule is C/C(=N\NC(N)=O)C(OC=C(c1ccccc1)c1ccccc1)C(=O)N(C)C. The number of hydrazone groups is 1. The van der Waals surface area contributed by atoms with Gasteiger partial charge in [0.2, 0.25) is 6.10 Å². The summed E-state index contributed by atoms with van der Waals surface area (Å²) in [5.74, 6) is -0.316. The first-order valence-corrected chi connectivity index (χ1v) is 8.67. The van der Waals surface area contributed by atoms with E-state index in [2.05, 4.69) is 10.5 Å². The molecule has 3 amide bonds. The fraction of sp³-hybridized carbons (Fsp3) is 0.190. The molecule has 3 N–H and O–H groups in total. The monoisotopic (exact) mass is 380 g/mol. The highest BCUT2D eigenvalue weighted by atomic mass is 16.5. The van der Waals surface area contributed by atoms with E-state index >= 15 is 0 Å². The molecule has 2 rings (SSSR count). The highest BCUT2D eigenvalue weighted by Crippen LogP contribution is 2.23. The average Bonchev–Trinajstić information content (AvgIpc) is 2.70. The molecule has 0 saturated carbocycles. The Morgan fingerprint density at radius 2 is 1.54 bits per heavy atom. The minimum atomic E-state index is -1.01. The first-order valence-electron chi connectivity index (χ1n) is 8.67. The molecule has 0 radical (unpaired) electrons. The molecule has 0 fully saturated rings. The van der Waals surface area contributed by atoms with Gasteiger partial charge in [-0.1, -0.05) is 60.7 Å². The molecule has 0 aliphatic heterocycles. The molecule has 0 saturated heterocycles. The quantitative estimate of drug-likeness (QED) is 0.439. The van der Waals surface area contributed by atoms with Gasteiger partial charge in [-0.3, -0.25) is 4.79 Å². The molecule has 0 spiro atoms.